The summed E-state index contributed by atoms with van der Waals surface area (Å²) in [7, 11) is 0. The fourth-order valence-electron chi connectivity index (χ4n) is 3.04. The molecule has 25 heavy (non-hydrogen) atoms. The molecule has 6 nitrogen and oxygen atoms in total. The van der Waals surface area contributed by atoms with E-state index in [2.05, 4.69) is 20.3 Å². The van der Waals surface area contributed by atoms with Crippen molar-refractivity contribution in [3.63, 3.8) is 0 Å². The number of hydrogen-bond acceptors (Lipinski definition) is 3. The number of nitrogens with one attached hydrogen (secondary N) is 2. The minimum Gasteiger partial charge on any atom is -0.350 e. The van der Waals surface area contributed by atoms with E-state index < -0.39 is 0 Å². The van der Waals surface area contributed by atoms with Gasteiger partial charge in [0.2, 0.25) is 0 Å². The second-order valence-electron chi connectivity index (χ2n) is 6.19. The number of pyridine rings is 1. The highest BCUT2D eigenvalue weighted by molar-refractivity contribution is 5.94. The quantitative estimate of drug-likeness (QED) is 0.603. The first-order valence-electron chi connectivity index (χ1n) is 8.29. The van der Waals surface area contributed by atoms with Crippen molar-refractivity contribution >= 4 is 22.6 Å². The predicted octanol–water partition coefficient (Wildman–Crippen LogP) is 2.80. The molecule has 0 unspecified atom stereocenters. The number of benzene rings is 1. The van der Waals surface area contributed by atoms with Crippen LogP contribution in [0.5, 0.6) is 0 Å². The van der Waals surface area contributed by atoms with E-state index in [1.54, 1.807) is 0 Å². The maximum Gasteiger partial charge on any atom is 0.270 e. The number of rotatable bonds is 4. The second kappa shape index (κ2) is 6.05. The van der Waals surface area contributed by atoms with E-state index in [-0.39, 0.29) is 5.91 Å². The third-order valence-corrected chi connectivity index (χ3v) is 4.24. The number of nitrogens with zero attached hydrogens (tertiary/aromatic N) is 3. The van der Waals surface area contributed by atoms with Crippen LogP contribution in [0.15, 0.2) is 42.6 Å². The van der Waals surface area contributed by atoms with Gasteiger partial charge in [0.1, 0.15) is 17.2 Å². The fourth-order valence-corrected chi connectivity index (χ4v) is 3.04. The molecule has 4 aromatic rings. The van der Waals surface area contributed by atoms with Gasteiger partial charge in [0.25, 0.3) is 5.91 Å². The Morgan fingerprint density at radius 3 is 2.84 bits per heavy atom. The molecule has 0 atom stereocenters. The van der Waals surface area contributed by atoms with Gasteiger partial charge in [-0.1, -0.05) is 18.2 Å². The van der Waals surface area contributed by atoms with Crippen molar-refractivity contribution in [1.29, 1.82) is 0 Å². The Labute approximate surface area is 144 Å². The number of carbonyl (C=O) groups is 1. The Bertz CT molecular complexity index is 1040. The summed E-state index contributed by atoms with van der Waals surface area (Å²) in [6, 6.07) is 11.8. The van der Waals surface area contributed by atoms with Gasteiger partial charge in [-0.2, -0.15) is 0 Å². The summed E-state index contributed by atoms with van der Waals surface area (Å²) in [5.74, 6) is 0.749. The molecular formula is C19H19N5O. The molecule has 0 bridgehead atoms. The SMILES string of the molecule is Cc1ccc2nc(C)c(C(=O)NCCc3nc4ccccc4[nH]3)n2c1. The molecule has 0 aliphatic rings. The van der Waals surface area contributed by atoms with Crippen molar-refractivity contribution in [2.75, 3.05) is 6.54 Å². The summed E-state index contributed by atoms with van der Waals surface area (Å²) >= 11 is 0. The van der Waals surface area contributed by atoms with E-state index in [0.29, 0.717) is 18.7 Å². The fraction of sp³-hybridized carbons (Fsp3) is 0.211. The van der Waals surface area contributed by atoms with Gasteiger partial charge < -0.3 is 10.3 Å². The lowest BCUT2D eigenvalue weighted by molar-refractivity contribution is 0.0947. The highest BCUT2D eigenvalue weighted by atomic mass is 16.1. The van der Waals surface area contributed by atoms with E-state index in [9.17, 15) is 4.79 Å². The number of aromatic amines is 1. The Hall–Kier alpha value is -3.15. The number of aryl methyl sites for hydroxylation is 2. The van der Waals surface area contributed by atoms with Crippen molar-refractivity contribution in [1.82, 2.24) is 24.7 Å². The van der Waals surface area contributed by atoms with Gasteiger partial charge in [0.05, 0.1) is 16.7 Å². The first kappa shape index (κ1) is 15.4. The highest BCUT2D eigenvalue weighted by Crippen LogP contribution is 2.14. The maximum absolute atomic E-state index is 12.6. The monoisotopic (exact) mass is 333 g/mol. The Morgan fingerprint density at radius 1 is 1.16 bits per heavy atom. The van der Waals surface area contributed by atoms with E-state index in [4.69, 9.17) is 0 Å². The average Bonchev–Trinajstić information content (AvgIpc) is 3.14. The molecule has 3 heterocycles. The van der Waals surface area contributed by atoms with Crippen molar-refractivity contribution in [2.24, 2.45) is 0 Å². The van der Waals surface area contributed by atoms with Crippen LogP contribution in [0.3, 0.4) is 0 Å². The zero-order chi connectivity index (χ0) is 17.4. The van der Waals surface area contributed by atoms with Crippen LogP contribution in [-0.2, 0) is 6.42 Å². The highest BCUT2D eigenvalue weighted by Gasteiger charge is 2.16. The summed E-state index contributed by atoms with van der Waals surface area (Å²) in [6.07, 6.45) is 2.58. The lowest BCUT2D eigenvalue weighted by atomic mass is 10.3. The van der Waals surface area contributed by atoms with Gasteiger partial charge in [-0.3, -0.25) is 9.20 Å². The smallest absolute Gasteiger partial charge is 0.270 e. The summed E-state index contributed by atoms with van der Waals surface area (Å²) in [4.78, 5) is 24.9. The Balaban J connectivity index is 1.49. The van der Waals surface area contributed by atoms with Crippen molar-refractivity contribution in [3.8, 4) is 0 Å². The molecule has 0 spiro atoms. The molecule has 4 rings (SSSR count). The molecule has 0 fully saturated rings. The topological polar surface area (TPSA) is 75.1 Å². The molecule has 0 saturated heterocycles. The maximum atomic E-state index is 12.6. The first-order valence-corrected chi connectivity index (χ1v) is 8.29. The lowest BCUT2D eigenvalue weighted by Gasteiger charge is -2.05. The normalized spacial score (nSPS) is 11.3. The number of H-pyrrole nitrogens is 1. The molecule has 0 radical (unpaired) electrons. The number of carbonyl (C=O) groups excluding carboxylic acids is 1. The molecule has 1 aromatic carbocycles. The number of imidazole rings is 2. The van der Waals surface area contributed by atoms with Crippen LogP contribution in [0.4, 0.5) is 0 Å². The van der Waals surface area contributed by atoms with Crippen LogP contribution < -0.4 is 5.32 Å². The van der Waals surface area contributed by atoms with E-state index in [1.807, 2.05) is 60.8 Å². The molecule has 0 saturated carbocycles. The van der Waals surface area contributed by atoms with Crippen LogP contribution >= 0.6 is 0 Å². The largest absolute Gasteiger partial charge is 0.350 e. The van der Waals surface area contributed by atoms with Gasteiger partial charge in [-0.25, -0.2) is 9.97 Å². The third-order valence-electron chi connectivity index (χ3n) is 4.24. The lowest BCUT2D eigenvalue weighted by Crippen LogP contribution is -2.27. The van der Waals surface area contributed by atoms with Gasteiger partial charge in [0.15, 0.2) is 0 Å². The molecular weight excluding hydrogens is 314 g/mol. The van der Waals surface area contributed by atoms with E-state index >= 15 is 0 Å². The summed E-state index contributed by atoms with van der Waals surface area (Å²) in [6.45, 7) is 4.37. The first-order chi connectivity index (χ1) is 12.1. The molecule has 126 valence electrons. The summed E-state index contributed by atoms with van der Waals surface area (Å²) in [5.41, 5.74) is 5.13. The molecule has 0 aliphatic carbocycles. The minimum atomic E-state index is -0.119. The minimum absolute atomic E-state index is 0.119. The number of fused-ring (bicyclic) bond motifs is 2. The van der Waals surface area contributed by atoms with E-state index in [1.165, 1.54) is 0 Å². The van der Waals surface area contributed by atoms with Crippen molar-refractivity contribution < 1.29 is 4.79 Å². The van der Waals surface area contributed by atoms with Crippen LogP contribution in [0, 0.1) is 13.8 Å². The average molecular weight is 333 g/mol. The molecule has 3 aromatic heterocycles. The van der Waals surface area contributed by atoms with Gasteiger partial charge in [-0.15, -0.1) is 0 Å². The van der Waals surface area contributed by atoms with Crippen molar-refractivity contribution in [3.05, 3.63) is 65.4 Å². The number of aromatic nitrogens is 4. The zero-order valence-electron chi connectivity index (χ0n) is 14.2. The van der Waals surface area contributed by atoms with Crippen LogP contribution in [-0.4, -0.2) is 31.8 Å². The summed E-state index contributed by atoms with van der Waals surface area (Å²) < 4.78 is 1.85. The van der Waals surface area contributed by atoms with Crippen molar-refractivity contribution in [2.45, 2.75) is 20.3 Å². The Kier molecular flexibility index (Phi) is 3.72. The Morgan fingerprint density at radius 2 is 2.00 bits per heavy atom. The van der Waals surface area contributed by atoms with Crippen LogP contribution in [0.1, 0.15) is 27.6 Å². The van der Waals surface area contributed by atoms with E-state index in [0.717, 1.165) is 33.8 Å². The molecule has 2 N–H and O–H groups in total. The van der Waals surface area contributed by atoms with Crippen LogP contribution in [0.2, 0.25) is 0 Å². The second-order valence-corrected chi connectivity index (χ2v) is 6.19. The standard InChI is InChI=1S/C19H19N5O/c1-12-7-8-17-21-13(2)18(24(17)11-12)19(25)20-10-9-16-22-14-5-3-4-6-15(14)23-16/h3-8,11H,9-10H2,1-2H3,(H,20,25)(H,22,23). The van der Waals surface area contributed by atoms with Gasteiger partial charge in [-0.05, 0) is 37.6 Å². The zero-order valence-corrected chi connectivity index (χ0v) is 14.2. The third kappa shape index (κ3) is 2.87. The molecule has 1 amide bonds. The van der Waals surface area contributed by atoms with Gasteiger partial charge in [0, 0.05) is 19.2 Å². The van der Waals surface area contributed by atoms with Crippen LogP contribution in [0.25, 0.3) is 16.7 Å². The number of para-hydroxylation sites is 2. The van der Waals surface area contributed by atoms with Gasteiger partial charge >= 0.3 is 0 Å². The molecule has 6 heteroatoms. The predicted molar refractivity (Wildman–Crippen MR) is 96.8 cm³/mol. The number of amides is 1. The number of hydrogen-bond donors (Lipinski definition) is 2. The molecule has 0 aliphatic heterocycles. The summed E-state index contributed by atoms with van der Waals surface area (Å²) in [5, 5.41) is 2.97.